The summed E-state index contributed by atoms with van der Waals surface area (Å²) < 4.78 is 130. The van der Waals surface area contributed by atoms with Gasteiger partial charge in [-0.15, -0.1) is 0 Å². The molecule has 3 aromatic carbocycles. The number of nitrogens with one attached hydrogen (secondary N) is 1. The van der Waals surface area contributed by atoms with Crippen LogP contribution in [0.15, 0.2) is 66.9 Å². The topological polar surface area (TPSA) is 91.8 Å². The van der Waals surface area contributed by atoms with Crippen molar-refractivity contribution in [3.8, 4) is 28.1 Å². The molecule has 51 heavy (non-hydrogen) atoms. The molecule has 6 rings (SSSR count). The largest absolute Gasteiger partial charge is 0.481 e. The van der Waals surface area contributed by atoms with Gasteiger partial charge in [-0.3, -0.25) is 0 Å². The Balaban J connectivity index is 1.46. The molecule has 0 unspecified atom stereocenters. The van der Waals surface area contributed by atoms with Gasteiger partial charge >= 0.3 is 30.5 Å². The number of alkyl halides is 9. The number of hydrogen-bond donors (Lipinski definition) is 2. The molecule has 0 aliphatic carbocycles. The Morgan fingerprint density at radius 2 is 1.45 bits per heavy atom. The average Bonchev–Trinajstić information content (AvgIpc) is 3.63. The highest BCUT2D eigenvalue weighted by atomic mass is 19.4. The maximum atomic E-state index is 14.1. The number of carbonyl (C=O) groups excluding carboxylic acids is 1. The van der Waals surface area contributed by atoms with Crippen LogP contribution in [0.2, 0.25) is 0 Å². The Morgan fingerprint density at radius 1 is 0.824 bits per heavy atom. The Morgan fingerprint density at radius 3 is 2.02 bits per heavy atom. The SMILES string of the molecule is COc1ncc(-c2ccc(C(=O)O)cc2C)cc1-c1ccc(C(F)(F)F)cc1[C@@H]1CC[C@H]2[C@@H](c3cc(C(F)(F)F)cc(C(F)(F)F)c3)NC(=O)N12. The van der Waals surface area contributed by atoms with E-state index >= 15 is 0 Å². The van der Waals surface area contributed by atoms with Crippen LogP contribution in [0.3, 0.4) is 0 Å². The van der Waals surface area contributed by atoms with Gasteiger partial charge in [0, 0.05) is 17.3 Å². The molecule has 2 aliphatic heterocycles. The van der Waals surface area contributed by atoms with E-state index in [9.17, 15) is 54.2 Å². The minimum absolute atomic E-state index is 0.00140. The van der Waals surface area contributed by atoms with Crippen LogP contribution in [0.25, 0.3) is 22.3 Å². The van der Waals surface area contributed by atoms with Gasteiger partial charge in [-0.05, 0) is 96.1 Å². The normalized spacial score (nSPS) is 19.2. The van der Waals surface area contributed by atoms with Gasteiger partial charge in [-0.2, -0.15) is 39.5 Å². The van der Waals surface area contributed by atoms with Crippen molar-refractivity contribution in [1.29, 1.82) is 0 Å². The molecule has 2 amide bonds. The molecule has 7 nitrogen and oxygen atoms in total. The van der Waals surface area contributed by atoms with Gasteiger partial charge < -0.3 is 20.1 Å². The number of carboxylic acid groups (broad SMARTS) is 1. The molecule has 2 aliphatic rings. The molecule has 0 saturated carbocycles. The molecule has 0 bridgehead atoms. The predicted octanol–water partition coefficient (Wildman–Crippen LogP) is 9.46. The van der Waals surface area contributed by atoms with Crippen molar-refractivity contribution in [3.05, 3.63) is 106 Å². The van der Waals surface area contributed by atoms with Gasteiger partial charge in [0.25, 0.3) is 0 Å². The Bertz CT molecular complexity index is 2010. The number of aromatic nitrogens is 1. The van der Waals surface area contributed by atoms with Gasteiger partial charge in [0.15, 0.2) is 0 Å². The third-order valence-electron chi connectivity index (χ3n) is 9.15. The van der Waals surface area contributed by atoms with Crippen molar-refractivity contribution in [2.45, 2.75) is 56.4 Å². The fourth-order valence-electron chi connectivity index (χ4n) is 6.87. The van der Waals surface area contributed by atoms with Crippen molar-refractivity contribution in [1.82, 2.24) is 15.2 Å². The number of nitrogens with zero attached hydrogens (tertiary/aromatic N) is 2. The summed E-state index contributed by atoms with van der Waals surface area (Å²) in [5.74, 6) is -1.15. The van der Waals surface area contributed by atoms with Crippen LogP contribution < -0.4 is 10.1 Å². The highest BCUT2D eigenvalue weighted by Gasteiger charge is 2.50. The standard InChI is InChI=1S/C35H26F9N3O4/c1-16-9-17(31(48)49)3-5-23(16)19-12-26(30(51-2)45-15-19)24-6-4-20(33(36,37)38)14-25(24)27-7-8-28-29(46-32(50)47(27)28)18-10-21(34(39,40)41)13-22(11-18)35(42,43)44/h3-6,9-15,27-29H,7-8H2,1-2H3,(H,46,50)(H,48,49)/t27-,28-,29+/m0/s1. The fourth-order valence-corrected chi connectivity index (χ4v) is 6.87. The number of ether oxygens (including phenoxy) is 1. The monoisotopic (exact) mass is 723 g/mol. The quantitative estimate of drug-likeness (QED) is 0.194. The van der Waals surface area contributed by atoms with Crippen LogP contribution in [-0.4, -0.2) is 40.1 Å². The Labute approximate surface area is 283 Å². The number of fused-ring (bicyclic) bond motifs is 1. The second kappa shape index (κ2) is 12.5. The molecule has 16 heteroatoms. The van der Waals surface area contributed by atoms with Crippen molar-refractivity contribution < 1.29 is 58.9 Å². The van der Waals surface area contributed by atoms with E-state index in [1.807, 2.05) is 0 Å². The molecule has 0 radical (unpaired) electrons. The van der Waals surface area contributed by atoms with Crippen LogP contribution in [0.4, 0.5) is 44.3 Å². The second-order valence-electron chi connectivity index (χ2n) is 12.2. The van der Waals surface area contributed by atoms with E-state index in [1.54, 1.807) is 19.1 Å². The number of carbonyl (C=O) groups is 2. The van der Waals surface area contributed by atoms with Gasteiger partial charge in [0.1, 0.15) is 0 Å². The first-order valence-corrected chi connectivity index (χ1v) is 15.3. The first-order chi connectivity index (χ1) is 23.8. The molecule has 0 spiro atoms. The number of aryl methyl sites for hydroxylation is 1. The smallest absolute Gasteiger partial charge is 0.416 e. The molecule has 2 fully saturated rings. The van der Waals surface area contributed by atoms with Crippen LogP contribution in [0, 0.1) is 6.92 Å². The number of methoxy groups -OCH3 is 1. The number of halogens is 9. The van der Waals surface area contributed by atoms with E-state index in [-0.39, 0.29) is 47.0 Å². The number of carboxylic acids is 1. The number of urea groups is 1. The third-order valence-corrected chi connectivity index (χ3v) is 9.15. The van der Waals surface area contributed by atoms with Crippen LogP contribution in [0.5, 0.6) is 5.88 Å². The number of pyridine rings is 1. The first-order valence-electron chi connectivity index (χ1n) is 15.3. The van der Waals surface area contributed by atoms with Crippen LogP contribution >= 0.6 is 0 Å². The van der Waals surface area contributed by atoms with E-state index in [2.05, 4.69) is 10.3 Å². The molecule has 2 N–H and O–H groups in total. The van der Waals surface area contributed by atoms with E-state index in [4.69, 9.17) is 4.74 Å². The van der Waals surface area contributed by atoms with Gasteiger partial charge in [-0.1, -0.05) is 12.1 Å². The van der Waals surface area contributed by atoms with E-state index in [1.165, 1.54) is 31.5 Å². The van der Waals surface area contributed by atoms with E-state index < -0.39 is 70.9 Å². The minimum atomic E-state index is -5.14. The lowest BCUT2D eigenvalue weighted by Gasteiger charge is -2.27. The zero-order valence-electron chi connectivity index (χ0n) is 26.5. The first kappa shape index (κ1) is 35.5. The maximum Gasteiger partial charge on any atom is 0.416 e. The Hall–Kier alpha value is -5.28. The van der Waals surface area contributed by atoms with Crippen LogP contribution in [-0.2, 0) is 18.5 Å². The molecule has 3 heterocycles. The number of benzene rings is 3. The molecule has 3 atom stereocenters. The number of hydrogen-bond acceptors (Lipinski definition) is 4. The lowest BCUT2D eigenvalue weighted by molar-refractivity contribution is -0.143. The lowest BCUT2D eigenvalue weighted by atomic mass is 9.90. The average molecular weight is 724 g/mol. The van der Waals surface area contributed by atoms with Crippen molar-refractivity contribution in [2.75, 3.05) is 7.11 Å². The van der Waals surface area contributed by atoms with Crippen LogP contribution in [0.1, 0.15) is 68.7 Å². The third kappa shape index (κ3) is 6.66. The predicted molar refractivity (Wildman–Crippen MR) is 164 cm³/mol. The van der Waals surface area contributed by atoms with Gasteiger partial charge in [0.2, 0.25) is 5.88 Å². The number of amides is 2. The lowest BCUT2D eigenvalue weighted by Crippen LogP contribution is -2.32. The summed E-state index contributed by atoms with van der Waals surface area (Å²) >= 11 is 0. The Kier molecular flexibility index (Phi) is 8.71. The number of rotatable bonds is 6. The molecular formula is C35H26F9N3O4. The molecule has 268 valence electrons. The molecular weight excluding hydrogens is 697 g/mol. The molecule has 1 aromatic heterocycles. The molecule has 2 saturated heterocycles. The summed E-state index contributed by atoms with van der Waals surface area (Å²) in [4.78, 5) is 30.4. The molecule has 4 aromatic rings. The minimum Gasteiger partial charge on any atom is -0.481 e. The number of aromatic carboxylic acids is 1. The van der Waals surface area contributed by atoms with Gasteiger partial charge in [0.05, 0.1) is 47.5 Å². The van der Waals surface area contributed by atoms with Crippen molar-refractivity contribution in [3.63, 3.8) is 0 Å². The van der Waals surface area contributed by atoms with Crippen molar-refractivity contribution in [2.24, 2.45) is 0 Å². The summed E-state index contributed by atoms with van der Waals surface area (Å²) in [6, 6.07) is 5.54. The van der Waals surface area contributed by atoms with E-state index in [0.29, 0.717) is 28.8 Å². The maximum absolute atomic E-state index is 14.1. The van der Waals surface area contributed by atoms with E-state index in [0.717, 1.165) is 17.0 Å². The summed E-state index contributed by atoms with van der Waals surface area (Å²) in [5, 5.41) is 11.8. The zero-order valence-corrected chi connectivity index (χ0v) is 26.5. The second-order valence-corrected chi connectivity index (χ2v) is 12.2. The van der Waals surface area contributed by atoms with Gasteiger partial charge in [-0.25, -0.2) is 14.6 Å². The summed E-state index contributed by atoms with van der Waals surface area (Å²) in [7, 11) is 1.29. The van der Waals surface area contributed by atoms with Crippen molar-refractivity contribution >= 4 is 12.0 Å². The summed E-state index contributed by atoms with van der Waals surface area (Å²) in [6.45, 7) is 1.67. The highest BCUT2D eigenvalue weighted by Crippen LogP contribution is 2.50. The summed E-state index contributed by atoms with van der Waals surface area (Å²) in [6.07, 6.45) is -13.6. The fraction of sp³-hybridized carbons (Fsp3) is 0.286. The zero-order chi connectivity index (χ0) is 37.2. The summed E-state index contributed by atoms with van der Waals surface area (Å²) in [5.41, 5.74) is -2.65. The highest BCUT2D eigenvalue weighted by molar-refractivity contribution is 5.89.